The summed E-state index contributed by atoms with van der Waals surface area (Å²) in [4.78, 5) is 39.0. The molecule has 0 atom stereocenters. The molecule has 0 saturated carbocycles. The van der Waals surface area contributed by atoms with Crippen molar-refractivity contribution in [1.82, 2.24) is 9.80 Å². The monoisotopic (exact) mass is 317 g/mol. The molecule has 1 aromatic rings. The van der Waals surface area contributed by atoms with E-state index in [-0.39, 0.29) is 5.91 Å². The van der Waals surface area contributed by atoms with Crippen LogP contribution in [0.25, 0.3) is 0 Å². The van der Waals surface area contributed by atoms with Crippen molar-refractivity contribution in [2.24, 2.45) is 0 Å². The van der Waals surface area contributed by atoms with E-state index < -0.39 is 11.8 Å². The molecule has 124 valence electrons. The van der Waals surface area contributed by atoms with Gasteiger partial charge >= 0.3 is 11.8 Å². The van der Waals surface area contributed by atoms with Crippen molar-refractivity contribution in [3.63, 3.8) is 0 Å². The second kappa shape index (κ2) is 7.26. The molecular weight excluding hydrogens is 294 g/mol. The molecule has 6 heteroatoms. The first-order valence-corrected chi connectivity index (χ1v) is 7.88. The average Bonchev–Trinajstić information content (AvgIpc) is 2.55. The van der Waals surface area contributed by atoms with E-state index in [1.54, 1.807) is 4.90 Å². The van der Waals surface area contributed by atoms with Crippen molar-refractivity contribution < 1.29 is 14.4 Å². The lowest BCUT2D eigenvalue weighted by Gasteiger charge is -2.33. The number of rotatable bonds is 2. The number of piperazine rings is 1. The summed E-state index contributed by atoms with van der Waals surface area (Å²) < 4.78 is 0. The van der Waals surface area contributed by atoms with Gasteiger partial charge in [-0.05, 0) is 24.5 Å². The first-order valence-electron chi connectivity index (χ1n) is 7.88. The number of carbonyl (C=O) groups is 3. The molecule has 0 aliphatic carbocycles. The molecule has 0 unspecified atom stereocenters. The molecule has 3 amide bonds. The van der Waals surface area contributed by atoms with Gasteiger partial charge in [-0.1, -0.05) is 25.1 Å². The van der Waals surface area contributed by atoms with E-state index in [2.05, 4.69) is 5.32 Å². The van der Waals surface area contributed by atoms with Crippen LogP contribution in [0.2, 0.25) is 0 Å². The number of benzene rings is 1. The topological polar surface area (TPSA) is 69.7 Å². The molecule has 1 aromatic carbocycles. The van der Waals surface area contributed by atoms with Gasteiger partial charge in [-0.3, -0.25) is 14.4 Å². The maximum Gasteiger partial charge on any atom is 0.313 e. The van der Waals surface area contributed by atoms with Gasteiger partial charge in [0.25, 0.3) is 0 Å². The second-order valence-corrected chi connectivity index (χ2v) is 5.71. The van der Waals surface area contributed by atoms with Crippen LogP contribution in [0, 0.1) is 6.92 Å². The van der Waals surface area contributed by atoms with Gasteiger partial charge in [0.05, 0.1) is 0 Å². The number of anilines is 1. The third-order valence-corrected chi connectivity index (χ3v) is 4.18. The van der Waals surface area contributed by atoms with Gasteiger partial charge in [-0.2, -0.15) is 0 Å². The predicted octanol–water partition coefficient (Wildman–Crippen LogP) is 1.19. The van der Waals surface area contributed by atoms with E-state index in [0.717, 1.165) is 23.2 Å². The fourth-order valence-corrected chi connectivity index (χ4v) is 2.74. The van der Waals surface area contributed by atoms with Crippen LogP contribution < -0.4 is 5.32 Å². The van der Waals surface area contributed by atoms with Gasteiger partial charge in [-0.15, -0.1) is 0 Å². The minimum absolute atomic E-state index is 0.00551. The normalized spacial score (nSPS) is 14.6. The number of para-hydroxylation sites is 1. The highest BCUT2D eigenvalue weighted by Crippen LogP contribution is 2.21. The summed E-state index contributed by atoms with van der Waals surface area (Å²) in [5.41, 5.74) is 2.66. The quantitative estimate of drug-likeness (QED) is 0.833. The molecule has 1 fully saturated rings. The van der Waals surface area contributed by atoms with E-state index in [1.807, 2.05) is 32.0 Å². The van der Waals surface area contributed by atoms with Crippen molar-refractivity contribution >= 4 is 23.4 Å². The highest BCUT2D eigenvalue weighted by atomic mass is 16.2. The highest BCUT2D eigenvalue weighted by molar-refractivity contribution is 6.39. The standard InChI is InChI=1S/C17H23N3O3/c1-4-14-7-5-6-12(2)15(14)18-16(22)17(23)20-10-8-19(9-11-20)13(3)21/h5-7H,4,8-11H2,1-3H3,(H,18,22). The maximum atomic E-state index is 12.3. The molecule has 1 saturated heterocycles. The number of nitrogens with one attached hydrogen (secondary N) is 1. The van der Waals surface area contributed by atoms with Gasteiger partial charge in [-0.25, -0.2) is 0 Å². The van der Waals surface area contributed by atoms with Crippen molar-refractivity contribution in [3.05, 3.63) is 29.3 Å². The number of amides is 3. The van der Waals surface area contributed by atoms with E-state index in [9.17, 15) is 14.4 Å². The minimum Gasteiger partial charge on any atom is -0.339 e. The van der Waals surface area contributed by atoms with Gasteiger partial charge < -0.3 is 15.1 Å². The second-order valence-electron chi connectivity index (χ2n) is 5.71. The summed E-state index contributed by atoms with van der Waals surface area (Å²) in [6.07, 6.45) is 0.781. The van der Waals surface area contributed by atoms with Crippen LogP contribution in [-0.4, -0.2) is 53.7 Å². The van der Waals surface area contributed by atoms with Crippen LogP contribution in [0.4, 0.5) is 5.69 Å². The van der Waals surface area contributed by atoms with E-state index in [0.29, 0.717) is 26.2 Å². The number of hydrogen-bond donors (Lipinski definition) is 1. The van der Waals surface area contributed by atoms with Crippen LogP contribution in [-0.2, 0) is 20.8 Å². The SMILES string of the molecule is CCc1cccc(C)c1NC(=O)C(=O)N1CCN(C(C)=O)CC1. The Labute approximate surface area is 136 Å². The Bertz CT molecular complexity index is 620. The molecule has 0 aromatic heterocycles. The number of aryl methyl sites for hydroxylation is 2. The lowest BCUT2D eigenvalue weighted by atomic mass is 10.1. The predicted molar refractivity (Wildman–Crippen MR) is 88.0 cm³/mol. The summed E-state index contributed by atoms with van der Waals surface area (Å²) >= 11 is 0. The molecule has 2 rings (SSSR count). The number of carbonyl (C=O) groups excluding carboxylic acids is 3. The molecule has 6 nitrogen and oxygen atoms in total. The van der Waals surface area contributed by atoms with Gasteiger partial charge in [0.15, 0.2) is 0 Å². The highest BCUT2D eigenvalue weighted by Gasteiger charge is 2.27. The zero-order valence-corrected chi connectivity index (χ0v) is 13.9. The Hall–Kier alpha value is -2.37. The fourth-order valence-electron chi connectivity index (χ4n) is 2.74. The maximum absolute atomic E-state index is 12.3. The molecule has 0 bridgehead atoms. The molecule has 23 heavy (non-hydrogen) atoms. The molecular formula is C17H23N3O3. The fraction of sp³-hybridized carbons (Fsp3) is 0.471. The summed E-state index contributed by atoms with van der Waals surface area (Å²) in [6.45, 7) is 7.14. The first kappa shape index (κ1) is 17.0. The summed E-state index contributed by atoms with van der Waals surface area (Å²) in [5.74, 6) is -1.17. The lowest BCUT2D eigenvalue weighted by Crippen LogP contribution is -2.52. The third-order valence-electron chi connectivity index (χ3n) is 4.18. The summed E-state index contributed by atoms with van der Waals surface area (Å²) in [5, 5.41) is 2.75. The Balaban J connectivity index is 2.02. The van der Waals surface area contributed by atoms with E-state index >= 15 is 0 Å². The molecule has 1 aliphatic heterocycles. The summed E-state index contributed by atoms with van der Waals surface area (Å²) in [7, 11) is 0. The minimum atomic E-state index is -0.620. The molecule has 0 radical (unpaired) electrons. The Morgan fingerprint density at radius 2 is 1.70 bits per heavy atom. The van der Waals surface area contributed by atoms with Crippen LogP contribution in [0.5, 0.6) is 0 Å². The van der Waals surface area contributed by atoms with Gasteiger partial charge in [0.1, 0.15) is 0 Å². The van der Waals surface area contributed by atoms with Crippen molar-refractivity contribution in [1.29, 1.82) is 0 Å². The summed E-state index contributed by atoms with van der Waals surface area (Å²) in [6, 6.07) is 5.79. The van der Waals surface area contributed by atoms with Crippen LogP contribution in [0.1, 0.15) is 25.0 Å². The van der Waals surface area contributed by atoms with Crippen molar-refractivity contribution in [3.8, 4) is 0 Å². The van der Waals surface area contributed by atoms with Crippen LogP contribution in [0.15, 0.2) is 18.2 Å². The Kier molecular flexibility index (Phi) is 5.36. The largest absolute Gasteiger partial charge is 0.339 e. The van der Waals surface area contributed by atoms with Crippen LogP contribution >= 0.6 is 0 Å². The van der Waals surface area contributed by atoms with Gasteiger partial charge in [0.2, 0.25) is 5.91 Å². The Morgan fingerprint density at radius 1 is 1.09 bits per heavy atom. The van der Waals surface area contributed by atoms with E-state index in [4.69, 9.17) is 0 Å². The van der Waals surface area contributed by atoms with Crippen molar-refractivity contribution in [2.45, 2.75) is 27.2 Å². The van der Waals surface area contributed by atoms with Crippen molar-refractivity contribution in [2.75, 3.05) is 31.5 Å². The zero-order valence-electron chi connectivity index (χ0n) is 13.9. The zero-order chi connectivity index (χ0) is 17.0. The molecule has 1 aliphatic rings. The lowest BCUT2D eigenvalue weighted by molar-refractivity contribution is -0.145. The van der Waals surface area contributed by atoms with E-state index in [1.165, 1.54) is 11.8 Å². The Morgan fingerprint density at radius 3 is 2.26 bits per heavy atom. The average molecular weight is 317 g/mol. The number of hydrogen-bond acceptors (Lipinski definition) is 3. The third kappa shape index (κ3) is 3.88. The molecule has 0 spiro atoms. The molecule has 1 N–H and O–H groups in total. The van der Waals surface area contributed by atoms with Gasteiger partial charge in [0, 0.05) is 38.8 Å². The smallest absolute Gasteiger partial charge is 0.313 e. The van der Waals surface area contributed by atoms with Crippen LogP contribution in [0.3, 0.4) is 0 Å². The first-order chi connectivity index (χ1) is 10.9. The molecule has 1 heterocycles. The number of nitrogens with zero attached hydrogens (tertiary/aromatic N) is 2.